The van der Waals surface area contributed by atoms with E-state index in [0.717, 1.165) is 5.20 Å². The van der Waals surface area contributed by atoms with Gasteiger partial charge in [0.2, 0.25) is 0 Å². The highest BCUT2D eigenvalue weighted by atomic mass is 28.4. The first-order chi connectivity index (χ1) is 11.1. The maximum Gasteiger partial charge on any atom is 0.533 e. The van der Waals surface area contributed by atoms with Gasteiger partial charge in [0.05, 0.1) is 11.8 Å². The molecule has 0 radical (unpaired) electrons. The lowest BCUT2D eigenvalue weighted by molar-refractivity contribution is -0.153. The van der Waals surface area contributed by atoms with Crippen LogP contribution in [0.25, 0.3) is 0 Å². The average Bonchev–Trinajstić information content (AvgIpc) is 2.71. The van der Waals surface area contributed by atoms with Crippen LogP contribution in [0.3, 0.4) is 0 Å². The van der Waals surface area contributed by atoms with E-state index in [0.29, 0.717) is 12.8 Å². The van der Waals surface area contributed by atoms with Gasteiger partial charge >= 0.3 is 20.7 Å². The highest BCUT2D eigenvalue weighted by molar-refractivity contribution is 6.69. The topological polar surface area (TPSA) is 71.1 Å². The third kappa shape index (κ3) is 4.14. The molecule has 0 amide bonds. The molecule has 0 saturated carbocycles. The summed E-state index contributed by atoms with van der Waals surface area (Å²) < 4.78 is 23.4. The normalized spacial score (nSPS) is 24.6. The molecule has 2 atom stereocenters. The molecule has 24 heavy (non-hydrogen) atoms. The number of hydrogen-bond donors (Lipinski definition) is 0. The number of rotatable bonds is 7. The summed E-state index contributed by atoms with van der Waals surface area (Å²) in [6.07, 6.45) is 2.58. The highest BCUT2D eigenvalue weighted by Crippen LogP contribution is 2.41. The van der Waals surface area contributed by atoms with Gasteiger partial charge in [-0.05, 0) is 59.6 Å². The van der Waals surface area contributed by atoms with Crippen LogP contribution in [0.2, 0.25) is 0 Å². The third-order valence-electron chi connectivity index (χ3n) is 3.92. The third-order valence-corrected chi connectivity index (χ3v) is 7.46. The van der Waals surface area contributed by atoms with Gasteiger partial charge in [0.15, 0.2) is 0 Å². The van der Waals surface area contributed by atoms with Crippen molar-refractivity contribution in [1.29, 1.82) is 0 Å². The molecule has 136 valence electrons. The molecular weight excluding hydrogens is 328 g/mol. The van der Waals surface area contributed by atoms with Crippen molar-refractivity contribution >= 4 is 20.7 Å². The summed E-state index contributed by atoms with van der Waals surface area (Å²) in [5, 5.41) is 0.881. The number of carbonyl (C=O) groups excluding carboxylic acids is 2. The van der Waals surface area contributed by atoms with E-state index in [1.54, 1.807) is 0 Å². The molecule has 1 aliphatic carbocycles. The number of ether oxygens (including phenoxy) is 1. The molecular formula is C17H28O6Si. The van der Waals surface area contributed by atoms with Crippen molar-refractivity contribution in [2.45, 2.75) is 72.7 Å². The van der Waals surface area contributed by atoms with Crippen LogP contribution in [0.5, 0.6) is 0 Å². The Hall–Kier alpha value is -1.02. The standard InChI is InChI=1S/C17H28O6Si/c1-10(2)21-24(22-11(3)4,23-12(5)6)13-7-8-14-15(9-13)17(19)20-16(14)18/h7,10-12,14-15H,8-9H2,1-6H3. The minimum absolute atomic E-state index is 0.0787. The number of esters is 2. The lowest BCUT2D eigenvalue weighted by Gasteiger charge is -2.38. The summed E-state index contributed by atoms with van der Waals surface area (Å²) in [5.41, 5.74) is 0. The Morgan fingerprint density at radius 1 is 0.917 bits per heavy atom. The van der Waals surface area contributed by atoms with Gasteiger partial charge in [-0.25, -0.2) is 0 Å². The van der Waals surface area contributed by atoms with Gasteiger partial charge in [0, 0.05) is 18.3 Å². The van der Waals surface area contributed by atoms with Crippen LogP contribution < -0.4 is 0 Å². The highest BCUT2D eigenvalue weighted by Gasteiger charge is 2.54. The van der Waals surface area contributed by atoms with E-state index in [4.69, 9.17) is 18.0 Å². The number of hydrogen-bond acceptors (Lipinski definition) is 6. The summed E-state index contributed by atoms with van der Waals surface area (Å²) in [6.45, 7) is 11.6. The SMILES string of the molecule is CC(C)O[Si](OC(C)C)(OC(C)C)C1=CCC2C(=O)OC(=O)C2C1. The Morgan fingerprint density at radius 3 is 1.83 bits per heavy atom. The molecule has 1 saturated heterocycles. The van der Waals surface area contributed by atoms with Crippen LogP contribution in [0.1, 0.15) is 54.4 Å². The zero-order chi connectivity index (χ0) is 18.1. The Balaban J connectivity index is 2.36. The second-order valence-corrected chi connectivity index (χ2v) is 9.64. The van der Waals surface area contributed by atoms with Crippen LogP contribution in [0.4, 0.5) is 0 Å². The fourth-order valence-electron chi connectivity index (χ4n) is 3.15. The lowest BCUT2D eigenvalue weighted by Crippen LogP contribution is -2.54. The summed E-state index contributed by atoms with van der Waals surface area (Å²) in [7, 11) is -3.15. The van der Waals surface area contributed by atoms with E-state index >= 15 is 0 Å². The van der Waals surface area contributed by atoms with Crippen LogP contribution in [-0.4, -0.2) is 39.1 Å². The second kappa shape index (κ2) is 7.47. The summed E-state index contributed by atoms with van der Waals surface area (Å²) >= 11 is 0. The van der Waals surface area contributed by atoms with Crippen molar-refractivity contribution in [3.8, 4) is 0 Å². The van der Waals surface area contributed by atoms with Crippen LogP contribution in [0.15, 0.2) is 11.3 Å². The molecule has 1 heterocycles. The van der Waals surface area contributed by atoms with Crippen LogP contribution in [0, 0.1) is 11.8 Å². The van der Waals surface area contributed by atoms with E-state index in [9.17, 15) is 9.59 Å². The van der Waals surface area contributed by atoms with Gasteiger partial charge in [0.1, 0.15) is 0 Å². The molecule has 2 rings (SSSR count). The molecule has 0 bridgehead atoms. The molecule has 7 heteroatoms. The molecule has 1 fully saturated rings. The summed E-state index contributed by atoms with van der Waals surface area (Å²) in [4.78, 5) is 23.7. The molecule has 0 spiro atoms. The van der Waals surface area contributed by atoms with E-state index in [2.05, 4.69) is 0 Å². The quantitative estimate of drug-likeness (QED) is 0.397. The molecule has 0 aromatic heterocycles. The predicted molar refractivity (Wildman–Crippen MR) is 89.8 cm³/mol. The van der Waals surface area contributed by atoms with Gasteiger partial charge in [-0.1, -0.05) is 6.08 Å². The Bertz CT molecular complexity index is 499. The first kappa shape index (κ1) is 19.3. The lowest BCUT2D eigenvalue weighted by atomic mass is 9.85. The molecule has 0 aromatic carbocycles. The number of fused-ring (bicyclic) bond motifs is 1. The molecule has 2 unspecified atom stereocenters. The van der Waals surface area contributed by atoms with Gasteiger partial charge in [-0.2, -0.15) is 0 Å². The van der Waals surface area contributed by atoms with E-state index < -0.39 is 26.7 Å². The van der Waals surface area contributed by atoms with Crippen molar-refractivity contribution in [2.75, 3.05) is 0 Å². The number of allylic oxidation sites excluding steroid dienone is 2. The first-order valence-corrected chi connectivity index (χ1v) is 10.4. The van der Waals surface area contributed by atoms with Crippen molar-refractivity contribution in [3.63, 3.8) is 0 Å². The average molecular weight is 356 g/mol. The maximum atomic E-state index is 12.0. The number of carbonyl (C=O) groups is 2. The monoisotopic (exact) mass is 356 g/mol. The Labute approximate surface area is 144 Å². The van der Waals surface area contributed by atoms with Crippen molar-refractivity contribution in [2.24, 2.45) is 11.8 Å². The van der Waals surface area contributed by atoms with Crippen molar-refractivity contribution in [1.82, 2.24) is 0 Å². The minimum atomic E-state index is -3.15. The Morgan fingerprint density at radius 2 is 1.38 bits per heavy atom. The minimum Gasteiger partial charge on any atom is -0.393 e. The maximum absolute atomic E-state index is 12.0. The first-order valence-electron chi connectivity index (χ1n) is 8.63. The molecule has 0 N–H and O–H groups in total. The van der Waals surface area contributed by atoms with Gasteiger partial charge in [-0.15, -0.1) is 0 Å². The largest absolute Gasteiger partial charge is 0.533 e. The van der Waals surface area contributed by atoms with Gasteiger partial charge in [-0.3, -0.25) is 9.59 Å². The van der Waals surface area contributed by atoms with Crippen molar-refractivity contribution in [3.05, 3.63) is 11.3 Å². The fourth-order valence-corrected chi connectivity index (χ4v) is 6.47. The molecule has 1 aliphatic heterocycles. The van der Waals surface area contributed by atoms with Crippen LogP contribution >= 0.6 is 0 Å². The smallest absolute Gasteiger partial charge is 0.393 e. The van der Waals surface area contributed by atoms with Gasteiger partial charge in [0.25, 0.3) is 0 Å². The fraction of sp³-hybridized carbons (Fsp3) is 0.765. The zero-order valence-electron chi connectivity index (χ0n) is 15.3. The summed E-state index contributed by atoms with van der Waals surface area (Å²) in [6, 6.07) is 0. The molecule has 2 aliphatic rings. The van der Waals surface area contributed by atoms with E-state index in [1.807, 2.05) is 47.6 Å². The molecule has 6 nitrogen and oxygen atoms in total. The second-order valence-electron chi connectivity index (χ2n) is 7.18. The van der Waals surface area contributed by atoms with Gasteiger partial charge < -0.3 is 18.0 Å². The zero-order valence-corrected chi connectivity index (χ0v) is 16.3. The summed E-state index contributed by atoms with van der Waals surface area (Å²) in [5.74, 6) is -1.71. The Kier molecular flexibility index (Phi) is 6.01. The van der Waals surface area contributed by atoms with E-state index in [1.165, 1.54) is 0 Å². The number of cyclic esters (lactones) is 2. The van der Waals surface area contributed by atoms with E-state index in [-0.39, 0.29) is 24.2 Å². The van der Waals surface area contributed by atoms with Crippen LogP contribution in [-0.2, 0) is 27.6 Å². The predicted octanol–water partition coefficient (Wildman–Crippen LogP) is 2.78. The van der Waals surface area contributed by atoms with Crippen molar-refractivity contribution < 1.29 is 27.6 Å². The molecule has 0 aromatic rings.